The van der Waals surface area contributed by atoms with E-state index in [1.807, 2.05) is 42.5 Å². The smallest absolute Gasteiger partial charge is 0.185 e. The van der Waals surface area contributed by atoms with Crippen LogP contribution >= 0.6 is 0 Å². The Morgan fingerprint density at radius 1 is 1.07 bits per heavy atom. The summed E-state index contributed by atoms with van der Waals surface area (Å²) in [5, 5.41) is 23.7. The minimum Gasteiger partial charge on any atom is -0.508 e. The third kappa shape index (κ3) is 2.95. The average Bonchev–Trinajstić information content (AvgIpc) is 3.13. The summed E-state index contributed by atoms with van der Waals surface area (Å²) < 4.78 is 7.09. The molecule has 0 bridgehead atoms. The van der Waals surface area contributed by atoms with Crippen molar-refractivity contribution in [1.82, 2.24) is 19.8 Å². The molecule has 150 valence electrons. The maximum absolute atomic E-state index is 12.9. The number of phenols is 1. The summed E-state index contributed by atoms with van der Waals surface area (Å²) in [5.41, 5.74) is 4.97. The first-order valence-electron chi connectivity index (χ1n) is 9.80. The number of aromatic nitrogens is 4. The van der Waals surface area contributed by atoms with Crippen LogP contribution in [0, 0.1) is 0 Å². The highest BCUT2D eigenvalue weighted by Gasteiger charge is 2.32. The molecule has 7 heteroatoms. The molecule has 0 saturated carbocycles. The van der Waals surface area contributed by atoms with Crippen molar-refractivity contribution in [3.63, 3.8) is 0 Å². The van der Waals surface area contributed by atoms with Gasteiger partial charge in [-0.05, 0) is 23.6 Å². The lowest BCUT2D eigenvalue weighted by Crippen LogP contribution is -2.24. The number of ketones is 1. The second-order valence-electron chi connectivity index (χ2n) is 7.44. The normalized spacial score (nSPS) is 16.0. The summed E-state index contributed by atoms with van der Waals surface area (Å²) >= 11 is 0. The highest BCUT2D eigenvalue weighted by molar-refractivity contribution is 5.97. The molecule has 0 spiro atoms. The Bertz CT molecular complexity index is 1250. The zero-order chi connectivity index (χ0) is 20.7. The van der Waals surface area contributed by atoms with Crippen molar-refractivity contribution in [2.75, 3.05) is 7.11 Å². The molecule has 1 N–H and O–H groups in total. The van der Waals surface area contributed by atoms with E-state index in [1.165, 1.54) is 0 Å². The molecule has 0 unspecified atom stereocenters. The molecule has 5 rings (SSSR count). The number of aromatic hydroxyl groups is 1. The Morgan fingerprint density at radius 2 is 1.83 bits per heavy atom. The SMILES string of the molecule is COCc1nn2c3c(nnc2c1-c1ccccc1)C(=O)C[C@@H](c1ccccc1O)C3. The van der Waals surface area contributed by atoms with Crippen LogP contribution < -0.4 is 0 Å². The van der Waals surface area contributed by atoms with Crippen LogP contribution in [-0.4, -0.2) is 37.8 Å². The van der Waals surface area contributed by atoms with Gasteiger partial charge in [-0.2, -0.15) is 5.10 Å². The van der Waals surface area contributed by atoms with E-state index in [4.69, 9.17) is 9.84 Å². The first-order chi connectivity index (χ1) is 14.7. The van der Waals surface area contributed by atoms with Crippen molar-refractivity contribution in [2.24, 2.45) is 0 Å². The van der Waals surface area contributed by atoms with E-state index >= 15 is 0 Å². The second-order valence-corrected chi connectivity index (χ2v) is 7.44. The van der Waals surface area contributed by atoms with Gasteiger partial charge >= 0.3 is 0 Å². The van der Waals surface area contributed by atoms with Gasteiger partial charge in [-0.15, -0.1) is 10.2 Å². The summed E-state index contributed by atoms with van der Waals surface area (Å²) in [6.07, 6.45) is 0.815. The number of hydrogen-bond donors (Lipinski definition) is 1. The van der Waals surface area contributed by atoms with Gasteiger partial charge in [-0.25, -0.2) is 4.52 Å². The summed E-state index contributed by atoms with van der Waals surface area (Å²) in [6.45, 7) is 0.319. The van der Waals surface area contributed by atoms with Crippen molar-refractivity contribution in [3.8, 4) is 16.9 Å². The topological polar surface area (TPSA) is 89.6 Å². The zero-order valence-corrected chi connectivity index (χ0v) is 16.4. The molecule has 30 heavy (non-hydrogen) atoms. The second kappa shape index (κ2) is 7.35. The van der Waals surface area contributed by atoms with E-state index in [0.717, 1.165) is 22.4 Å². The van der Waals surface area contributed by atoms with E-state index in [1.54, 1.807) is 23.8 Å². The molecule has 0 saturated heterocycles. The van der Waals surface area contributed by atoms with E-state index in [0.29, 0.717) is 30.1 Å². The van der Waals surface area contributed by atoms with Crippen molar-refractivity contribution in [1.29, 1.82) is 0 Å². The van der Waals surface area contributed by atoms with Crippen LogP contribution in [0.15, 0.2) is 54.6 Å². The number of rotatable bonds is 4. The molecule has 0 fully saturated rings. The Morgan fingerprint density at radius 3 is 2.60 bits per heavy atom. The molecule has 0 aliphatic heterocycles. The zero-order valence-electron chi connectivity index (χ0n) is 16.4. The molecular formula is C23H20N4O3. The minimum atomic E-state index is -0.145. The quantitative estimate of drug-likeness (QED) is 0.563. The molecule has 2 heterocycles. The van der Waals surface area contributed by atoms with Gasteiger partial charge < -0.3 is 9.84 Å². The highest BCUT2D eigenvalue weighted by atomic mass is 16.5. The monoisotopic (exact) mass is 400 g/mol. The van der Waals surface area contributed by atoms with Crippen LogP contribution in [-0.2, 0) is 17.8 Å². The molecule has 1 atom stereocenters. The number of benzene rings is 2. The van der Waals surface area contributed by atoms with E-state index < -0.39 is 0 Å². The number of fused-ring (bicyclic) bond motifs is 3. The van der Waals surface area contributed by atoms with Gasteiger partial charge in [0.05, 0.1) is 23.6 Å². The average molecular weight is 400 g/mol. The first-order valence-corrected chi connectivity index (χ1v) is 9.80. The van der Waals surface area contributed by atoms with Crippen molar-refractivity contribution < 1.29 is 14.6 Å². The predicted octanol–water partition coefficient (Wildman–Crippen LogP) is 3.56. The first kappa shape index (κ1) is 18.4. The molecule has 0 amide bonds. The highest BCUT2D eigenvalue weighted by Crippen LogP contribution is 2.37. The Kier molecular flexibility index (Phi) is 4.52. The van der Waals surface area contributed by atoms with Gasteiger partial charge in [0.15, 0.2) is 17.1 Å². The number of para-hydroxylation sites is 1. The van der Waals surface area contributed by atoms with Crippen molar-refractivity contribution >= 4 is 11.4 Å². The van der Waals surface area contributed by atoms with Crippen LogP contribution in [0.4, 0.5) is 0 Å². The molecule has 1 aliphatic carbocycles. The van der Waals surface area contributed by atoms with Gasteiger partial charge in [0.1, 0.15) is 5.75 Å². The number of methoxy groups -OCH3 is 1. The fraction of sp³-hybridized carbons (Fsp3) is 0.217. The molecular weight excluding hydrogens is 380 g/mol. The van der Waals surface area contributed by atoms with Crippen LogP contribution in [0.2, 0.25) is 0 Å². The maximum Gasteiger partial charge on any atom is 0.185 e. The van der Waals surface area contributed by atoms with Crippen LogP contribution in [0.5, 0.6) is 5.75 Å². The predicted molar refractivity (Wildman–Crippen MR) is 110 cm³/mol. The number of ether oxygens (including phenoxy) is 1. The van der Waals surface area contributed by atoms with Crippen molar-refractivity contribution in [3.05, 3.63) is 77.2 Å². The number of phenolic OH excluding ortho intramolecular Hbond substituents is 1. The van der Waals surface area contributed by atoms with Gasteiger partial charge in [0.2, 0.25) is 0 Å². The fourth-order valence-electron chi connectivity index (χ4n) is 4.21. The summed E-state index contributed by atoms with van der Waals surface area (Å²) in [5.74, 6) is -0.0414. The molecule has 7 nitrogen and oxygen atoms in total. The Hall–Kier alpha value is -3.58. The number of nitrogens with zero attached hydrogens (tertiary/aromatic N) is 4. The summed E-state index contributed by atoms with van der Waals surface area (Å²) in [7, 11) is 1.62. The number of hydrogen-bond acceptors (Lipinski definition) is 6. The van der Waals surface area contributed by atoms with E-state index in [-0.39, 0.29) is 23.9 Å². The lowest BCUT2D eigenvalue weighted by atomic mass is 9.83. The maximum atomic E-state index is 12.9. The number of carbonyl (C=O) groups is 1. The summed E-state index contributed by atoms with van der Waals surface area (Å²) in [4.78, 5) is 12.9. The third-order valence-electron chi connectivity index (χ3n) is 5.56. The largest absolute Gasteiger partial charge is 0.508 e. The lowest BCUT2D eigenvalue weighted by Gasteiger charge is -2.23. The van der Waals surface area contributed by atoms with E-state index in [9.17, 15) is 9.90 Å². The van der Waals surface area contributed by atoms with Crippen LogP contribution in [0.3, 0.4) is 0 Å². The Labute approximate surface area is 173 Å². The lowest BCUT2D eigenvalue weighted by molar-refractivity contribution is 0.0955. The molecule has 1 aliphatic rings. The molecule has 4 aromatic rings. The standard InChI is InChI=1S/C23H20N4O3/c1-30-13-17-21(14-7-3-2-4-8-14)23-25-24-22-18(27(23)26-17)11-15(12-20(22)29)16-9-5-6-10-19(16)28/h2-10,15,28H,11-13H2,1H3/t15-/m0/s1. The minimum absolute atomic E-state index is 0.0936. The number of carbonyl (C=O) groups excluding carboxylic acids is 1. The molecule has 2 aromatic heterocycles. The van der Waals surface area contributed by atoms with Gasteiger partial charge in [0.25, 0.3) is 0 Å². The van der Waals surface area contributed by atoms with E-state index in [2.05, 4.69) is 10.2 Å². The molecule has 0 radical (unpaired) electrons. The third-order valence-corrected chi connectivity index (χ3v) is 5.56. The van der Waals surface area contributed by atoms with Crippen LogP contribution in [0.1, 0.15) is 39.8 Å². The van der Waals surface area contributed by atoms with Gasteiger partial charge in [-0.3, -0.25) is 4.79 Å². The van der Waals surface area contributed by atoms with Gasteiger partial charge in [0, 0.05) is 19.4 Å². The summed E-state index contributed by atoms with van der Waals surface area (Å²) in [6, 6.07) is 17.0. The molecule has 2 aromatic carbocycles. The van der Waals surface area contributed by atoms with Crippen LogP contribution in [0.25, 0.3) is 16.8 Å². The number of Topliss-reactive ketones (excluding diaryl/α,β-unsaturated/α-hetero) is 1. The Balaban J connectivity index is 1.70. The van der Waals surface area contributed by atoms with Gasteiger partial charge in [-0.1, -0.05) is 48.5 Å². The fourth-order valence-corrected chi connectivity index (χ4v) is 4.21. The van der Waals surface area contributed by atoms with Crippen molar-refractivity contribution in [2.45, 2.75) is 25.4 Å².